The molecule has 1 fully saturated rings. The first kappa shape index (κ1) is 21.2. The molecule has 0 saturated carbocycles. The summed E-state index contributed by atoms with van der Waals surface area (Å²) in [5.74, 6) is 0. The van der Waals surface area contributed by atoms with Gasteiger partial charge in [-0.3, -0.25) is 0 Å². The molecule has 0 bridgehead atoms. The van der Waals surface area contributed by atoms with Crippen LogP contribution in [0, 0.1) is 0 Å². The van der Waals surface area contributed by atoms with E-state index in [2.05, 4.69) is 4.72 Å². The summed E-state index contributed by atoms with van der Waals surface area (Å²) in [5, 5.41) is 2.89. The van der Waals surface area contributed by atoms with Gasteiger partial charge >= 0.3 is 0 Å². The van der Waals surface area contributed by atoms with Gasteiger partial charge in [0.05, 0.1) is 0 Å². The Morgan fingerprint density at radius 2 is 1.86 bits per heavy atom. The maximum atomic E-state index is 12.9. The van der Waals surface area contributed by atoms with E-state index in [0.717, 1.165) is 30.2 Å². The number of thiophene rings is 1. The molecule has 2 aromatic rings. The summed E-state index contributed by atoms with van der Waals surface area (Å²) in [6.07, 6.45) is 4.50. The van der Waals surface area contributed by atoms with Gasteiger partial charge in [0.1, 0.15) is 4.21 Å². The quantitative estimate of drug-likeness (QED) is 0.683. The van der Waals surface area contributed by atoms with E-state index in [1.807, 2.05) is 30.3 Å². The average Bonchev–Trinajstić information content (AvgIpc) is 3.23. The fourth-order valence-corrected chi connectivity index (χ4v) is 6.93. The van der Waals surface area contributed by atoms with Crippen molar-refractivity contribution in [1.29, 1.82) is 0 Å². The number of piperidine rings is 1. The van der Waals surface area contributed by atoms with Crippen LogP contribution in [0.5, 0.6) is 0 Å². The number of hydrogen-bond acceptors (Lipinski definition) is 5. The third-order valence-corrected chi connectivity index (χ3v) is 9.08. The van der Waals surface area contributed by atoms with Crippen molar-refractivity contribution in [3.8, 4) is 0 Å². The summed E-state index contributed by atoms with van der Waals surface area (Å²) >= 11 is 1.21. The van der Waals surface area contributed by atoms with Crippen LogP contribution in [0.1, 0.15) is 31.2 Å². The number of benzene rings is 1. The van der Waals surface area contributed by atoms with Gasteiger partial charge < -0.3 is 0 Å². The Bertz CT molecular complexity index is 985. The maximum Gasteiger partial charge on any atom is 0.252 e. The van der Waals surface area contributed by atoms with Crippen LogP contribution >= 0.6 is 11.3 Å². The summed E-state index contributed by atoms with van der Waals surface area (Å²) in [6, 6.07) is 12.3. The normalized spacial score (nSPS) is 19.2. The van der Waals surface area contributed by atoms with Gasteiger partial charge in [-0.2, -0.15) is 4.31 Å². The maximum absolute atomic E-state index is 12.9. The van der Waals surface area contributed by atoms with Crippen LogP contribution in [0.4, 0.5) is 0 Å². The summed E-state index contributed by atoms with van der Waals surface area (Å²) in [4.78, 5) is 0. The molecular weight excluding hydrogens is 416 g/mol. The molecule has 0 amide bonds. The SMILES string of the molecule is O=S(=O)(/C=C/c1ccccc1)NCCC1CCCCN1S(=O)(=O)c1cccs1. The van der Waals surface area contributed by atoms with Crippen molar-refractivity contribution in [3.05, 3.63) is 58.8 Å². The molecule has 28 heavy (non-hydrogen) atoms. The van der Waals surface area contributed by atoms with E-state index in [-0.39, 0.29) is 12.6 Å². The third-order valence-electron chi connectivity index (χ3n) is 4.65. The second-order valence-corrected chi connectivity index (χ2v) is 11.4. The van der Waals surface area contributed by atoms with E-state index >= 15 is 0 Å². The average molecular weight is 441 g/mol. The molecule has 1 aromatic carbocycles. The fourth-order valence-electron chi connectivity index (χ4n) is 3.25. The smallest absolute Gasteiger partial charge is 0.212 e. The molecule has 0 spiro atoms. The highest BCUT2D eigenvalue weighted by atomic mass is 32.2. The highest BCUT2D eigenvalue weighted by molar-refractivity contribution is 7.92. The molecule has 152 valence electrons. The van der Waals surface area contributed by atoms with E-state index in [1.165, 1.54) is 21.7 Å². The van der Waals surface area contributed by atoms with Crippen LogP contribution in [-0.2, 0) is 20.0 Å². The van der Waals surface area contributed by atoms with E-state index in [1.54, 1.807) is 17.5 Å². The molecule has 1 saturated heterocycles. The second-order valence-electron chi connectivity index (χ2n) is 6.64. The lowest BCUT2D eigenvalue weighted by atomic mass is 10.0. The lowest BCUT2D eigenvalue weighted by Gasteiger charge is -2.34. The molecule has 0 aliphatic carbocycles. The van der Waals surface area contributed by atoms with Gasteiger partial charge in [0, 0.05) is 24.5 Å². The van der Waals surface area contributed by atoms with Gasteiger partial charge in [0.15, 0.2) is 0 Å². The topological polar surface area (TPSA) is 83.6 Å². The van der Waals surface area contributed by atoms with Crippen LogP contribution in [0.3, 0.4) is 0 Å². The zero-order chi connectivity index (χ0) is 20.0. The van der Waals surface area contributed by atoms with Crippen LogP contribution in [0.2, 0.25) is 0 Å². The first-order chi connectivity index (χ1) is 13.4. The third kappa shape index (κ3) is 5.51. The molecule has 1 aliphatic heterocycles. The van der Waals surface area contributed by atoms with Gasteiger partial charge in [-0.25, -0.2) is 21.6 Å². The van der Waals surface area contributed by atoms with E-state index in [9.17, 15) is 16.8 Å². The summed E-state index contributed by atoms with van der Waals surface area (Å²) in [6.45, 7) is 0.675. The monoisotopic (exact) mass is 440 g/mol. The molecule has 0 radical (unpaired) electrons. The molecule has 1 aliphatic rings. The van der Waals surface area contributed by atoms with E-state index in [4.69, 9.17) is 0 Å². The van der Waals surface area contributed by atoms with Gasteiger partial charge in [-0.1, -0.05) is 42.8 Å². The Kier molecular flexibility index (Phi) is 7.05. The largest absolute Gasteiger partial charge is 0.252 e. The Morgan fingerprint density at radius 3 is 2.57 bits per heavy atom. The van der Waals surface area contributed by atoms with Gasteiger partial charge in [-0.15, -0.1) is 11.3 Å². The molecule has 3 rings (SSSR count). The minimum Gasteiger partial charge on any atom is -0.212 e. The Hall–Kier alpha value is -1.52. The number of nitrogens with zero attached hydrogens (tertiary/aromatic N) is 1. The molecule has 1 atom stereocenters. The Balaban J connectivity index is 1.60. The minimum atomic E-state index is -3.57. The molecule has 1 N–H and O–H groups in total. The van der Waals surface area contributed by atoms with Crippen molar-refractivity contribution in [2.45, 2.75) is 35.9 Å². The summed E-state index contributed by atoms with van der Waals surface area (Å²) in [7, 11) is -7.09. The van der Waals surface area contributed by atoms with E-state index < -0.39 is 20.0 Å². The molecule has 1 unspecified atom stereocenters. The van der Waals surface area contributed by atoms with Gasteiger partial charge in [0.2, 0.25) is 10.0 Å². The lowest BCUT2D eigenvalue weighted by Crippen LogP contribution is -2.44. The number of hydrogen-bond donors (Lipinski definition) is 1. The number of rotatable bonds is 8. The van der Waals surface area contributed by atoms with Crippen molar-refractivity contribution in [3.63, 3.8) is 0 Å². The fraction of sp³-hybridized carbons (Fsp3) is 0.368. The van der Waals surface area contributed by atoms with Crippen LogP contribution < -0.4 is 4.72 Å². The number of sulfonamides is 2. The van der Waals surface area contributed by atoms with Crippen molar-refractivity contribution >= 4 is 37.5 Å². The van der Waals surface area contributed by atoms with Crippen molar-refractivity contribution in [1.82, 2.24) is 9.03 Å². The molecule has 2 heterocycles. The zero-order valence-electron chi connectivity index (χ0n) is 15.4. The number of nitrogens with one attached hydrogen (secondary N) is 1. The second kappa shape index (κ2) is 9.32. The predicted octanol–water partition coefficient (Wildman–Crippen LogP) is 3.27. The first-order valence-corrected chi connectivity index (χ1v) is 13.0. The highest BCUT2D eigenvalue weighted by Crippen LogP contribution is 2.29. The van der Waals surface area contributed by atoms with Crippen molar-refractivity contribution < 1.29 is 16.8 Å². The van der Waals surface area contributed by atoms with Crippen molar-refractivity contribution in [2.24, 2.45) is 0 Å². The molecule has 1 aromatic heterocycles. The van der Waals surface area contributed by atoms with Crippen LogP contribution in [0.25, 0.3) is 6.08 Å². The van der Waals surface area contributed by atoms with Gasteiger partial charge in [-0.05, 0) is 42.3 Å². The van der Waals surface area contributed by atoms with Crippen molar-refractivity contribution in [2.75, 3.05) is 13.1 Å². The standard InChI is InChI=1S/C19H24N2O4S3/c22-27(23,16-12-17-7-2-1-3-8-17)20-13-11-18-9-4-5-14-21(18)28(24,25)19-10-6-15-26-19/h1-3,6-8,10,12,15-16,18,20H,4-5,9,11,13-14H2/b16-12+. The first-order valence-electron chi connectivity index (χ1n) is 9.17. The molecule has 6 nitrogen and oxygen atoms in total. The molecular formula is C19H24N2O4S3. The van der Waals surface area contributed by atoms with Crippen LogP contribution in [0.15, 0.2) is 57.5 Å². The van der Waals surface area contributed by atoms with E-state index in [0.29, 0.717) is 17.2 Å². The summed E-state index contributed by atoms with van der Waals surface area (Å²) < 4.78 is 54.5. The predicted molar refractivity (Wildman–Crippen MR) is 113 cm³/mol. The summed E-state index contributed by atoms with van der Waals surface area (Å²) in [5.41, 5.74) is 0.799. The van der Waals surface area contributed by atoms with Crippen LogP contribution in [-0.4, -0.2) is 40.3 Å². The zero-order valence-corrected chi connectivity index (χ0v) is 17.8. The molecule has 9 heteroatoms. The lowest BCUT2D eigenvalue weighted by molar-refractivity contribution is 0.242. The Labute approximate surface area is 171 Å². The Morgan fingerprint density at radius 1 is 1.07 bits per heavy atom. The van der Waals surface area contributed by atoms with Gasteiger partial charge in [0.25, 0.3) is 10.0 Å². The highest BCUT2D eigenvalue weighted by Gasteiger charge is 2.33. The minimum absolute atomic E-state index is 0.193.